The van der Waals surface area contributed by atoms with E-state index in [4.69, 9.17) is 5.73 Å². The lowest BCUT2D eigenvalue weighted by Crippen LogP contribution is -2.15. The minimum atomic E-state index is -1.58. The van der Waals surface area contributed by atoms with E-state index in [9.17, 15) is 17.6 Å². The molecule has 2 aromatic rings. The predicted molar refractivity (Wildman–Crippen MR) is 66.4 cm³/mol. The summed E-state index contributed by atoms with van der Waals surface area (Å²) in [5, 5.41) is 0. The van der Waals surface area contributed by atoms with Gasteiger partial charge in [0.1, 0.15) is 5.82 Å². The highest BCUT2D eigenvalue weighted by Crippen LogP contribution is 2.27. The van der Waals surface area contributed by atoms with Gasteiger partial charge in [-0.1, -0.05) is 15.9 Å². The van der Waals surface area contributed by atoms with Gasteiger partial charge in [0.15, 0.2) is 17.5 Å². The van der Waals surface area contributed by atoms with Crippen molar-refractivity contribution >= 4 is 15.9 Å². The molecule has 0 saturated heterocycles. The van der Waals surface area contributed by atoms with Crippen molar-refractivity contribution in [3.8, 4) is 0 Å². The first-order chi connectivity index (χ1) is 8.90. The fourth-order valence-corrected chi connectivity index (χ4v) is 2.07. The number of hydrogen-bond acceptors (Lipinski definition) is 1. The summed E-state index contributed by atoms with van der Waals surface area (Å²) in [5.41, 5.74) is 5.76. The predicted octanol–water partition coefficient (Wildman–Crippen LogP) is 4.05. The van der Waals surface area contributed by atoms with Crippen LogP contribution in [0.4, 0.5) is 17.6 Å². The van der Waals surface area contributed by atoms with Gasteiger partial charge < -0.3 is 5.73 Å². The highest BCUT2D eigenvalue weighted by Gasteiger charge is 2.18. The first-order valence-corrected chi connectivity index (χ1v) is 6.04. The van der Waals surface area contributed by atoms with Gasteiger partial charge in [0, 0.05) is 10.0 Å². The minimum Gasteiger partial charge on any atom is -0.320 e. The van der Waals surface area contributed by atoms with Crippen LogP contribution in [0.5, 0.6) is 0 Å². The van der Waals surface area contributed by atoms with Crippen molar-refractivity contribution in [2.75, 3.05) is 0 Å². The Morgan fingerprint density at radius 3 is 2.05 bits per heavy atom. The smallest absolute Gasteiger partial charge is 0.194 e. The van der Waals surface area contributed by atoms with E-state index in [2.05, 4.69) is 15.9 Å². The molecule has 2 aromatic carbocycles. The standard InChI is InChI=1S/C13H8BrF4N/c14-7-1-2-9(15)8(5-7)13(19)6-3-10(16)12(18)11(17)4-6/h1-5,13H,19H2. The molecule has 6 heteroatoms. The molecule has 0 spiro atoms. The van der Waals surface area contributed by atoms with Crippen molar-refractivity contribution in [3.63, 3.8) is 0 Å². The lowest BCUT2D eigenvalue weighted by atomic mass is 9.99. The topological polar surface area (TPSA) is 26.0 Å². The number of rotatable bonds is 2. The molecule has 1 atom stereocenters. The Balaban J connectivity index is 2.49. The third-order valence-electron chi connectivity index (χ3n) is 2.66. The molecule has 19 heavy (non-hydrogen) atoms. The van der Waals surface area contributed by atoms with Gasteiger partial charge in [-0.05, 0) is 35.9 Å². The van der Waals surface area contributed by atoms with Gasteiger partial charge in [0.05, 0.1) is 6.04 Å². The Morgan fingerprint density at radius 1 is 0.895 bits per heavy atom. The largest absolute Gasteiger partial charge is 0.320 e. The van der Waals surface area contributed by atoms with Crippen molar-refractivity contribution in [2.45, 2.75) is 6.04 Å². The van der Waals surface area contributed by atoms with Crippen molar-refractivity contribution in [1.29, 1.82) is 0 Å². The second-order valence-electron chi connectivity index (χ2n) is 3.94. The van der Waals surface area contributed by atoms with Gasteiger partial charge in [-0.3, -0.25) is 0 Å². The van der Waals surface area contributed by atoms with E-state index in [1.54, 1.807) is 0 Å². The normalized spacial score (nSPS) is 12.5. The Hall–Kier alpha value is -1.40. The summed E-state index contributed by atoms with van der Waals surface area (Å²) in [6, 6.07) is 4.46. The van der Waals surface area contributed by atoms with Crippen LogP contribution in [-0.4, -0.2) is 0 Å². The van der Waals surface area contributed by atoms with Crippen LogP contribution in [0.2, 0.25) is 0 Å². The van der Waals surface area contributed by atoms with Crippen LogP contribution in [0.25, 0.3) is 0 Å². The maximum Gasteiger partial charge on any atom is 0.194 e. The maximum absolute atomic E-state index is 13.6. The fraction of sp³-hybridized carbons (Fsp3) is 0.0769. The molecular weight excluding hydrogens is 326 g/mol. The Labute approximate surface area is 115 Å². The number of halogens is 5. The summed E-state index contributed by atoms with van der Waals surface area (Å²) in [6.45, 7) is 0. The van der Waals surface area contributed by atoms with Gasteiger partial charge in [-0.2, -0.15) is 0 Å². The Bertz CT molecular complexity index is 607. The third-order valence-corrected chi connectivity index (χ3v) is 3.15. The summed E-state index contributed by atoms with van der Waals surface area (Å²) >= 11 is 3.15. The Morgan fingerprint density at radius 2 is 1.47 bits per heavy atom. The average molecular weight is 334 g/mol. The lowest BCUT2D eigenvalue weighted by molar-refractivity contribution is 0.444. The molecule has 0 aromatic heterocycles. The van der Waals surface area contributed by atoms with Crippen LogP contribution >= 0.6 is 15.9 Å². The monoisotopic (exact) mass is 333 g/mol. The zero-order chi connectivity index (χ0) is 14.2. The highest BCUT2D eigenvalue weighted by atomic mass is 79.9. The quantitative estimate of drug-likeness (QED) is 0.651. The summed E-state index contributed by atoms with van der Waals surface area (Å²) in [5.74, 6) is -4.91. The van der Waals surface area contributed by atoms with Crippen LogP contribution in [0, 0.1) is 23.3 Å². The van der Waals surface area contributed by atoms with Crippen LogP contribution in [0.15, 0.2) is 34.8 Å². The second-order valence-corrected chi connectivity index (χ2v) is 4.86. The molecular formula is C13H8BrF4N. The Kier molecular flexibility index (Phi) is 3.91. The molecule has 0 radical (unpaired) electrons. The molecule has 1 nitrogen and oxygen atoms in total. The minimum absolute atomic E-state index is 0.0478. The maximum atomic E-state index is 13.6. The fourth-order valence-electron chi connectivity index (χ4n) is 1.69. The van der Waals surface area contributed by atoms with E-state index in [0.717, 1.165) is 12.1 Å². The third kappa shape index (κ3) is 2.79. The van der Waals surface area contributed by atoms with Gasteiger partial charge >= 0.3 is 0 Å². The SMILES string of the molecule is NC(c1cc(F)c(F)c(F)c1)c1cc(Br)ccc1F. The number of nitrogens with two attached hydrogens (primary N) is 1. The molecule has 0 aliphatic rings. The molecule has 2 N–H and O–H groups in total. The zero-order valence-electron chi connectivity index (χ0n) is 9.43. The molecule has 0 heterocycles. The molecule has 0 fully saturated rings. The van der Waals surface area contributed by atoms with E-state index in [-0.39, 0.29) is 11.1 Å². The summed E-state index contributed by atoms with van der Waals surface area (Å²) in [4.78, 5) is 0. The van der Waals surface area contributed by atoms with Crippen molar-refractivity contribution in [2.24, 2.45) is 5.73 Å². The van der Waals surface area contributed by atoms with E-state index in [0.29, 0.717) is 4.47 Å². The van der Waals surface area contributed by atoms with Crippen LogP contribution in [-0.2, 0) is 0 Å². The van der Waals surface area contributed by atoms with Crippen LogP contribution in [0.3, 0.4) is 0 Å². The van der Waals surface area contributed by atoms with Crippen molar-refractivity contribution in [3.05, 3.63) is 69.2 Å². The summed E-state index contributed by atoms with van der Waals surface area (Å²) in [7, 11) is 0. The van der Waals surface area contributed by atoms with Crippen molar-refractivity contribution in [1.82, 2.24) is 0 Å². The van der Waals surface area contributed by atoms with Gasteiger partial charge in [0.25, 0.3) is 0 Å². The van der Waals surface area contributed by atoms with Gasteiger partial charge in [-0.15, -0.1) is 0 Å². The van der Waals surface area contributed by atoms with Gasteiger partial charge in [-0.25, -0.2) is 17.6 Å². The molecule has 0 amide bonds. The van der Waals surface area contributed by atoms with Crippen molar-refractivity contribution < 1.29 is 17.6 Å². The molecule has 1 unspecified atom stereocenters. The van der Waals surface area contributed by atoms with Gasteiger partial charge in [0.2, 0.25) is 0 Å². The molecule has 0 aliphatic carbocycles. The molecule has 100 valence electrons. The second kappa shape index (κ2) is 5.30. The molecule has 0 bridgehead atoms. The van der Waals surface area contributed by atoms with E-state index in [1.807, 2.05) is 0 Å². The van der Waals surface area contributed by atoms with Crippen LogP contribution in [0.1, 0.15) is 17.2 Å². The molecule has 0 aliphatic heterocycles. The first kappa shape index (κ1) is 14.0. The average Bonchev–Trinajstić information content (AvgIpc) is 2.37. The molecule has 2 rings (SSSR count). The van der Waals surface area contributed by atoms with Crippen LogP contribution < -0.4 is 5.73 Å². The van der Waals surface area contributed by atoms with E-state index in [1.165, 1.54) is 18.2 Å². The summed E-state index contributed by atoms with van der Waals surface area (Å²) < 4.78 is 53.3. The first-order valence-electron chi connectivity index (χ1n) is 5.25. The highest BCUT2D eigenvalue weighted by molar-refractivity contribution is 9.10. The number of hydrogen-bond donors (Lipinski definition) is 1. The van der Waals surface area contributed by atoms with E-state index >= 15 is 0 Å². The molecule has 0 saturated carbocycles. The lowest BCUT2D eigenvalue weighted by Gasteiger charge is -2.14. The summed E-state index contributed by atoms with van der Waals surface area (Å²) in [6.07, 6.45) is 0. The van der Waals surface area contributed by atoms with E-state index < -0.39 is 29.3 Å². The zero-order valence-corrected chi connectivity index (χ0v) is 11.0. The number of benzene rings is 2.